The topological polar surface area (TPSA) is 90.3 Å². The maximum absolute atomic E-state index is 8.36. The summed E-state index contributed by atoms with van der Waals surface area (Å²) < 4.78 is 5.52. The van der Waals surface area contributed by atoms with Crippen LogP contribution in [0.5, 0.6) is 0 Å². The van der Waals surface area contributed by atoms with Crippen molar-refractivity contribution in [3.05, 3.63) is 0 Å². The molecule has 2 fully saturated rings. The van der Waals surface area contributed by atoms with E-state index >= 15 is 0 Å². The first-order valence-electron chi connectivity index (χ1n) is 9.77. The zero-order chi connectivity index (χ0) is 19.7. The lowest BCUT2D eigenvalue weighted by Gasteiger charge is -2.50. The van der Waals surface area contributed by atoms with E-state index in [1.807, 2.05) is 0 Å². The highest BCUT2D eigenvalue weighted by atomic mass is 16.5. The van der Waals surface area contributed by atoms with Crippen LogP contribution in [0.15, 0.2) is 0 Å². The minimum absolute atomic E-state index is 0.250. The van der Waals surface area contributed by atoms with Gasteiger partial charge in [-0.3, -0.25) is 14.5 Å². The van der Waals surface area contributed by atoms with Crippen molar-refractivity contribution in [3.63, 3.8) is 0 Å². The summed E-state index contributed by atoms with van der Waals surface area (Å²) in [5.41, 5.74) is 0.472. The number of ether oxygens (including phenoxy) is 1. The van der Waals surface area contributed by atoms with Crippen LogP contribution in [0.1, 0.15) is 58.3 Å². The minimum Gasteiger partial charge on any atom is -0.483 e. The van der Waals surface area contributed by atoms with Gasteiger partial charge in [-0.25, -0.2) is 0 Å². The highest BCUT2D eigenvalue weighted by molar-refractivity contribution is 5.33. The third-order valence-corrected chi connectivity index (χ3v) is 5.20. The number of carbonyl (C=O) groups is 2. The van der Waals surface area contributed by atoms with Crippen LogP contribution >= 0.6 is 0 Å². The number of nitrogens with zero attached hydrogens (tertiary/aromatic N) is 2. The van der Waals surface area contributed by atoms with Gasteiger partial charge in [-0.1, -0.05) is 25.7 Å². The molecule has 0 aromatic rings. The molecule has 154 valence electrons. The Balaban J connectivity index is 0.000000918. The number of hydrogen-bond acceptors (Lipinski definition) is 5. The number of hydrogen-bond donors (Lipinski definition) is 2. The van der Waals surface area contributed by atoms with E-state index in [-0.39, 0.29) is 12.9 Å². The first kappa shape index (κ1) is 24.8. The van der Waals surface area contributed by atoms with Gasteiger partial charge in [0.25, 0.3) is 12.9 Å². The molecular formula is C19H38N2O5. The molecule has 7 heteroatoms. The summed E-state index contributed by atoms with van der Waals surface area (Å²) in [6.07, 6.45) is 11.4. The highest BCUT2D eigenvalue weighted by Gasteiger charge is 2.38. The van der Waals surface area contributed by atoms with Crippen molar-refractivity contribution >= 4 is 12.9 Å². The summed E-state index contributed by atoms with van der Waals surface area (Å²) in [5.74, 6) is 0. The Morgan fingerprint density at radius 2 is 1.50 bits per heavy atom. The van der Waals surface area contributed by atoms with Crippen molar-refractivity contribution in [2.24, 2.45) is 0 Å². The van der Waals surface area contributed by atoms with E-state index in [9.17, 15) is 0 Å². The molecule has 0 atom stereocenters. The second-order valence-corrected chi connectivity index (χ2v) is 6.98. The zero-order valence-electron chi connectivity index (χ0n) is 16.6. The van der Waals surface area contributed by atoms with Gasteiger partial charge in [-0.2, -0.15) is 0 Å². The lowest BCUT2D eigenvalue weighted by atomic mass is 9.79. The van der Waals surface area contributed by atoms with Gasteiger partial charge in [-0.15, -0.1) is 0 Å². The van der Waals surface area contributed by atoms with Crippen LogP contribution in [0, 0.1) is 0 Å². The van der Waals surface area contributed by atoms with Crippen molar-refractivity contribution in [3.8, 4) is 0 Å². The molecule has 1 heterocycles. The molecule has 0 spiro atoms. The lowest BCUT2D eigenvalue weighted by molar-refractivity contribution is -0.123. The van der Waals surface area contributed by atoms with Crippen LogP contribution in [0.25, 0.3) is 0 Å². The number of likely N-dealkylation sites (N-methyl/N-ethyl adjacent to an activating group) is 1. The summed E-state index contributed by atoms with van der Waals surface area (Å²) in [7, 11) is 2.28. The van der Waals surface area contributed by atoms with Gasteiger partial charge in [0.1, 0.15) is 0 Å². The third-order valence-electron chi connectivity index (χ3n) is 5.20. The van der Waals surface area contributed by atoms with E-state index in [4.69, 9.17) is 24.5 Å². The van der Waals surface area contributed by atoms with Gasteiger partial charge in [0.15, 0.2) is 0 Å². The Kier molecular flexibility index (Phi) is 15.3. The quantitative estimate of drug-likeness (QED) is 0.523. The molecule has 2 rings (SSSR count). The molecule has 2 aliphatic rings. The summed E-state index contributed by atoms with van der Waals surface area (Å²) in [6.45, 7) is 8.27. The molecule has 0 amide bonds. The van der Waals surface area contributed by atoms with Crippen LogP contribution in [-0.2, 0) is 14.3 Å². The van der Waals surface area contributed by atoms with Crippen LogP contribution in [0.4, 0.5) is 0 Å². The summed E-state index contributed by atoms with van der Waals surface area (Å²) in [5, 5.41) is 13.8. The fourth-order valence-corrected chi connectivity index (χ4v) is 4.10. The number of piperidine rings is 1. The largest absolute Gasteiger partial charge is 0.483 e. The molecule has 2 N–H and O–H groups in total. The molecule has 0 unspecified atom stereocenters. The van der Waals surface area contributed by atoms with E-state index in [0.29, 0.717) is 5.54 Å². The second-order valence-electron chi connectivity index (χ2n) is 6.98. The molecule has 0 aromatic heterocycles. The zero-order valence-corrected chi connectivity index (χ0v) is 16.6. The van der Waals surface area contributed by atoms with E-state index in [1.165, 1.54) is 71.0 Å². The van der Waals surface area contributed by atoms with Crippen LogP contribution in [-0.4, -0.2) is 84.9 Å². The fraction of sp³-hybridized carbons (Fsp3) is 0.895. The SMILES string of the molecule is CCOCCN(C)CC1(N2CCCCC2)CCCCC1.O=CO.O=CO. The normalized spacial score (nSPS) is 19.5. The van der Waals surface area contributed by atoms with Crippen molar-refractivity contribution < 1.29 is 24.5 Å². The highest BCUT2D eigenvalue weighted by Crippen LogP contribution is 2.36. The molecule has 1 saturated carbocycles. The standard InChI is InChI=1S/C17H34N2O.2CH2O2/c1-3-20-15-14-18(2)16-17(10-6-4-7-11-17)19-12-8-5-9-13-19;2*2-1-3/h3-16H2,1-2H3;2*1H,(H,2,3). The Morgan fingerprint density at radius 3 is 2.00 bits per heavy atom. The monoisotopic (exact) mass is 374 g/mol. The van der Waals surface area contributed by atoms with Crippen LogP contribution < -0.4 is 0 Å². The van der Waals surface area contributed by atoms with E-state index in [1.54, 1.807) is 0 Å². The Morgan fingerprint density at radius 1 is 1.00 bits per heavy atom. The average Bonchev–Trinajstić information content (AvgIpc) is 2.65. The Hall–Kier alpha value is -1.18. The Bertz CT molecular complexity index is 337. The average molecular weight is 375 g/mol. The Labute approximate surface area is 158 Å². The molecule has 0 radical (unpaired) electrons. The molecule has 0 aromatic carbocycles. The maximum Gasteiger partial charge on any atom is 0.290 e. The molecule has 1 aliphatic carbocycles. The van der Waals surface area contributed by atoms with Gasteiger partial charge in [0.05, 0.1) is 6.61 Å². The van der Waals surface area contributed by atoms with Gasteiger partial charge in [0.2, 0.25) is 0 Å². The molecule has 0 bridgehead atoms. The summed E-state index contributed by atoms with van der Waals surface area (Å²) in [6, 6.07) is 0. The van der Waals surface area contributed by atoms with E-state index < -0.39 is 0 Å². The number of likely N-dealkylation sites (tertiary alicyclic amines) is 1. The fourth-order valence-electron chi connectivity index (χ4n) is 4.10. The lowest BCUT2D eigenvalue weighted by Crippen LogP contribution is -2.57. The van der Waals surface area contributed by atoms with Gasteiger partial charge in [-0.05, 0) is 52.7 Å². The number of rotatable bonds is 7. The van der Waals surface area contributed by atoms with Crippen molar-refractivity contribution in [1.29, 1.82) is 0 Å². The maximum atomic E-state index is 8.36. The van der Waals surface area contributed by atoms with Crippen molar-refractivity contribution in [2.75, 3.05) is 46.4 Å². The summed E-state index contributed by atoms with van der Waals surface area (Å²) >= 11 is 0. The van der Waals surface area contributed by atoms with Crippen molar-refractivity contribution in [2.45, 2.75) is 63.8 Å². The third kappa shape index (κ3) is 10.1. The van der Waals surface area contributed by atoms with Gasteiger partial charge < -0.3 is 19.8 Å². The first-order valence-corrected chi connectivity index (χ1v) is 9.77. The predicted molar refractivity (Wildman–Crippen MR) is 103 cm³/mol. The molecule has 26 heavy (non-hydrogen) atoms. The molecular weight excluding hydrogens is 336 g/mol. The minimum atomic E-state index is -0.250. The second kappa shape index (κ2) is 16.0. The molecule has 7 nitrogen and oxygen atoms in total. The van der Waals surface area contributed by atoms with E-state index in [0.717, 1.165) is 19.8 Å². The van der Waals surface area contributed by atoms with Gasteiger partial charge in [0, 0.05) is 25.2 Å². The van der Waals surface area contributed by atoms with Crippen LogP contribution in [0.2, 0.25) is 0 Å². The smallest absolute Gasteiger partial charge is 0.290 e. The molecule has 1 saturated heterocycles. The van der Waals surface area contributed by atoms with E-state index in [2.05, 4.69) is 23.8 Å². The van der Waals surface area contributed by atoms with Crippen LogP contribution in [0.3, 0.4) is 0 Å². The van der Waals surface area contributed by atoms with Gasteiger partial charge >= 0.3 is 0 Å². The first-order chi connectivity index (χ1) is 12.6. The molecule has 1 aliphatic heterocycles. The number of carboxylic acid groups (broad SMARTS) is 2. The predicted octanol–water partition coefficient (Wildman–Crippen LogP) is 2.55. The summed E-state index contributed by atoms with van der Waals surface area (Å²) in [4.78, 5) is 22.1. The van der Waals surface area contributed by atoms with Crippen molar-refractivity contribution in [1.82, 2.24) is 9.80 Å².